The molecule has 0 unspecified atom stereocenters. The molecule has 2 heterocycles. The van der Waals surface area contributed by atoms with Gasteiger partial charge in [0.15, 0.2) is 5.58 Å². The molecule has 1 N–H and O–H groups in total. The standard InChI is InChI=1S/C9H7N5O2S/c1-14-6-3-2-5(4-7(6)16-9(14)15)10-8-11-12-13-17-8/h2-4H,1H3,(H,10,11,13). The number of aryl methyl sites for hydroxylation is 1. The Hall–Kier alpha value is -2.22. The van der Waals surface area contributed by atoms with Crippen molar-refractivity contribution in [3.05, 3.63) is 28.7 Å². The first-order valence-electron chi connectivity index (χ1n) is 4.76. The Bertz CT molecular complexity index is 715. The third-order valence-electron chi connectivity index (χ3n) is 2.34. The molecule has 0 spiro atoms. The number of rotatable bonds is 2. The Morgan fingerprint density at radius 3 is 3.12 bits per heavy atom. The minimum absolute atomic E-state index is 0.380. The lowest BCUT2D eigenvalue weighted by molar-refractivity contribution is 0.528. The number of aromatic nitrogens is 4. The number of benzene rings is 1. The van der Waals surface area contributed by atoms with Crippen LogP contribution in [0.5, 0.6) is 0 Å². The van der Waals surface area contributed by atoms with Gasteiger partial charge in [-0.05, 0) is 17.3 Å². The van der Waals surface area contributed by atoms with Gasteiger partial charge in [-0.1, -0.05) is 9.59 Å². The fraction of sp³-hybridized carbons (Fsp3) is 0.111. The Labute approximate surface area is 98.8 Å². The van der Waals surface area contributed by atoms with E-state index in [0.717, 1.165) is 22.7 Å². The second-order valence-corrected chi connectivity index (χ2v) is 4.13. The normalized spacial score (nSPS) is 10.9. The number of hydrogen-bond acceptors (Lipinski definition) is 7. The number of anilines is 2. The van der Waals surface area contributed by atoms with E-state index in [9.17, 15) is 4.79 Å². The van der Waals surface area contributed by atoms with Crippen LogP contribution in [0.4, 0.5) is 10.8 Å². The molecule has 1 aromatic carbocycles. The molecule has 0 saturated heterocycles. The Morgan fingerprint density at radius 1 is 1.47 bits per heavy atom. The summed E-state index contributed by atoms with van der Waals surface area (Å²) in [5.74, 6) is -0.380. The fourth-order valence-corrected chi connectivity index (χ4v) is 1.90. The van der Waals surface area contributed by atoms with Crippen molar-refractivity contribution in [1.82, 2.24) is 19.4 Å². The molecule has 8 heteroatoms. The van der Waals surface area contributed by atoms with Crippen molar-refractivity contribution >= 4 is 33.5 Å². The summed E-state index contributed by atoms with van der Waals surface area (Å²) in [7, 11) is 1.66. The molecule has 2 aromatic heterocycles. The summed E-state index contributed by atoms with van der Waals surface area (Å²) in [6.07, 6.45) is 0. The highest BCUT2D eigenvalue weighted by Crippen LogP contribution is 2.21. The SMILES string of the molecule is Cn1c(=O)oc2cc(Nc3nnns3)ccc21. The zero-order chi connectivity index (χ0) is 11.8. The van der Waals surface area contributed by atoms with Gasteiger partial charge in [0.25, 0.3) is 0 Å². The van der Waals surface area contributed by atoms with Gasteiger partial charge < -0.3 is 9.73 Å². The number of hydrogen-bond donors (Lipinski definition) is 1. The molecule has 0 bridgehead atoms. The zero-order valence-electron chi connectivity index (χ0n) is 8.75. The molecule has 3 rings (SSSR count). The highest BCUT2D eigenvalue weighted by Gasteiger charge is 2.07. The van der Waals surface area contributed by atoms with Crippen LogP contribution in [0.25, 0.3) is 11.1 Å². The Balaban J connectivity index is 2.05. The molecule has 0 amide bonds. The average molecular weight is 249 g/mol. The molecule has 3 aromatic rings. The van der Waals surface area contributed by atoms with Gasteiger partial charge in [-0.3, -0.25) is 4.57 Å². The molecule has 0 atom stereocenters. The second kappa shape index (κ2) is 3.67. The predicted octanol–water partition coefficient (Wildman–Crippen LogP) is 1.12. The van der Waals surface area contributed by atoms with E-state index < -0.39 is 0 Å². The van der Waals surface area contributed by atoms with Crippen molar-refractivity contribution in [2.45, 2.75) is 0 Å². The average Bonchev–Trinajstić information content (AvgIpc) is 2.89. The lowest BCUT2D eigenvalue weighted by atomic mass is 10.3. The number of nitrogens with zero attached hydrogens (tertiary/aromatic N) is 4. The molecule has 17 heavy (non-hydrogen) atoms. The largest absolute Gasteiger partial charge is 0.419 e. The summed E-state index contributed by atoms with van der Waals surface area (Å²) in [6.45, 7) is 0. The molecule has 86 valence electrons. The number of oxazole rings is 1. The van der Waals surface area contributed by atoms with Crippen LogP contribution in [0.2, 0.25) is 0 Å². The highest BCUT2D eigenvalue weighted by atomic mass is 32.1. The van der Waals surface area contributed by atoms with Gasteiger partial charge in [0.1, 0.15) is 0 Å². The smallest absolute Gasteiger partial charge is 0.408 e. The lowest BCUT2D eigenvalue weighted by Gasteiger charge is -2.00. The van der Waals surface area contributed by atoms with E-state index in [1.165, 1.54) is 4.57 Å². The maximum Gasteiger partial charge on any atom is 0.419 e. The first-order chi connectivity index (χ1) is 8.24. The Morgan fingerprint density at radius 2 is 2.35 bits per heavy atom. The van der Waals surface area contributed by atoms with Gasteiger partial charge in [-0.15, -0.1) is 0 Å². The van der Waals surface area contributed by atoms with Crippen LogP contribution in [-0.4, -0.2) is 19.4 Å². The van der Waals surface area contributed by atoms with E-state index in [0.29, 0.717) is 10.7 Å². The van der Waals surface area contributed by atoms with Crippen molar-refractivity contribution in [1.29, 1.82) is 0 Å². The van der Waals surface area contributed by atoms with Crippen LogP contribution in [0.3, 0.4) is 0 Å². The van der Waals surface area contributed by atoms with Crippen molar-refractivity contribution in [2.24, 2.45) is 7.05 Å². The van der Waals surface area contributed by atoms with E-state index in [-0.39, 0.29) is 5.76 Å². The van der Waals surface area contributed by atoms with Crippen molar-refractivity contribution in [2.75, 3.05) is 5.32 Å². The van der Waals surface area contributed by atoms with Gasteiger partial charge in [0.2, 0.25) is 5.13 Å². The summed E-state index contributed by atoms with van der Waals surface area (Å²) in [4.78, 5) is 11.3. The second-order valence-electron chi connectivity index (χ2n) is 3.40. The van der Waals surface area contributed by atoms with Crippen LogP contribution in [0.1, 0.15) is 0 Å². The van der Waals surface area contributed by atoms with Gasteiger partial charge in [-0.25, -0.2) is 4.79 Å². The van der Waals surface area contributed by atoms with Crippen LogP contribution < -0.4 is 11.1 Å². The van der Waals surface area contributed by atoms with Gasteiger partial charge in [-0.2, -0.15) is 0 Å². The Kier molecular flexibility index (Phi) is 2.15. The van der Waals surface area contributed by atoms with E-state index in [4.69, 9.17) is 4.42 Å². The monoisotopic (exact) mass is 249 g/mol. The molecular formula is C9H7N5O2S. The van der Waals surface area contributed by atoms with Crippen LogP contribution in [0, 0.1) is 0 Å². The minimum atomic E-state index is -0.380. The van der Waals surface area contributed by atoms with Gasteiger partial charge in [0, 0.05) is 30.3 Å². The molecule has 0 fully saturated rings. The summed E-state index contributed by atoms with van der Waals surface area (Å²) in [6, 6.07) is 5.37. The summed E-state index contributed by atoms with van der Waals surface area (Å²) >= 11 is 1.15. The molecule has 0 aliphatic carbocycles. The van der Waals surface area contributed by atoms with Crippen LogP contribution in [0.15, 0.2) is 27.4 Å². The predicted molar refractivity (Wildman–Crippen MR) is 62.4 cm³/mol. The molecule has 0 radical (unpaired) electrons. The minimum Gasteiger partial charge on any atom is -0.408 e. The molecule has 0 aliphatic heterocycles. The maximum absolute atomic E-state index is 11.3. The van der Waals surface area contributed by atoms with Crippen LogP contribution >= 0.6 is 11.5 Å². The lowest BCUT2D eigenvalue weighted by Crippen LogP contribution is -2.08. The first-order valence-corrected chi connectivity index (χ1v) is 5.53. The zero-order valence-corrected chi connectivity index (χ0v) is 9.56. The first kappa shape index (κ1) is 9.97. The number of fused-ring (bicyclic) bond motifs is 1. The topological polar surface area (TPSA) is 85.8 Å². The van der Waals surface area contributed by atoms with Crippen LogP contribution in [-0.2, 0) is 7.05 Å². The fourth-order valence-electron chi connectivity index (χ4n) is 1.52. The maximum atomic E-state index is 11.3. The van der Waals surface area contributed by atoms with Crippen molar-refractivity contribution in [3.8, 4) is 0 Å². The summed E-state index contributed by atoms with van der Waals surface area (Å²) in [5.41, 5.74) is 2.04. The third kappa shape index (κ3) is 1.68. The summed E-state index contributed by atoms with van der Waals surface area (Å²) in [5, 5.41) is 10.8. The molecular weight excluding hydrogens is 242 g/mol. The quantitative estimate of drug-likeness (QED) is 0.732. The highest BCUT2D eigenvalue weighted by molar-refractivity contribution is 7.09. The van der Waals surface area contributed by atoms with Gasteiger partial charge in [0.05, 0.1) is 5.52 Å². The molecule has 0 saturated carbocycles. The van der Waals surface area contributed by atoms with Crippen molar-refractivity contribution in [3.63, 3.8) is 0 Å². The summed E-state index contributed by atoms with van der Waals surface area (Å²) < 4.78 is 10.2. The number of nitrogens with one attached hydrogen (secondary N) is 1. The molecule has 0 aliphatic rings. The van der Waals surface area contributed by atoms with E-state index in [1.807, 2.05) is 6.07 Å². The van der Waals surface area contributed by atoms with E-state index in [1.54, 1.807) is 19.2 Å². The van der Waals surface area contributed by atoms with E-state index in [2.05, 4.69) is 20.1 Å². The molecule has 7 nitrogen and oxygen atoms in total. The van der Waals surface area contributed by atoms with Gasteiger partial charge >= 0.3 is 5.76 Å². The van der Waals surface area contributed by atoms with Crippen molar-refractivity contribution < 1.29 is 4.42 Å². The third-order valence-corrected chi connectivity index (χ3v) is 2.85. The van der Waals surface area contributed by atoms with E-state index >= 15 is 0 Å².